The molecule has 2 saturated carbocycles. The first-order chi connectivity index (χ1) is 32.8. The molecule has 4 N–H and O–H groups in total. The van der Waals surface area contributed by atoms with Crippen molar-refractivity contribution >= 4 is 24.0 Å². The van der Waals surface area contributed by atoms with E-state index in [0.29, 0.717) is 13.1 Å². The van der Waals surface area contributed by atoms with E-state index in [1.165, 1.54) is 110 Å². The third-order valence-corrected chi connectivity index (χ3v) is 16.9. The zero-order valence-electron chi connectivity index (χ0n) is 40.9. The summed E-state index contributed by atoms with van der Waals surface area (Å²) in [7, 11) is 2.64. The van der Waals surface area contributed by atoms with Crippen molar-refractivity contribution in [1.29, 1.82) is 0 Å². The number of nitrogens with one attached hydrogen (secondary N) is 4. The highest BCUT2D eigenvalue weighted by Crippen LogP contribution is 2.56. The molecule has 4 amide bonds. The SMILES string of the molecule is COC(=O)N[C@H](C(=O)N1CCC[C@H]1c1ncc(-c2ccc(-c3ccc(-c4cnc([C@@H]5CCCN5C(=O)[C@@H](NC(=O)OC)C(C)C)[nH]4)c4c3CC3(CCCC3)C4)c3c2CC2(CCCC2)C3)[nH]1)C(C)C. The Hall–Kier alpha value is -5.66. The summed E-state index contributed by atoms with van der Waals surface area (Å²) < 4.78 is 9.73. The van der Waals surface area contributed by atoms with E-state index in [2.05, 4.69) is 44.9 Å². The molecule has 4 aliphatic carbocycles. The molecule has 10 rings (SSSR count). The molecule has 4 atom stereocenters. The first kappa shape index (κ1) is 46.1. The van der Waals surface area contributed by atoms with E-state index < -0.39 is 24.3 Å². The number of ether oxygens (including phenoxy) is 2. The van der Waals surface area contributed by atoms with Crippen LogP contribution in [0.2, 0.25) is 0 Å². The van der Waals surface area contributed by atoms with E-state index in [-0.39, 0.29) is 46.6 Å². The second kappa shape index (κ2) is 18.3. The summed E-state index contributed by atoms with van der Waals surface area (Å²) in [6, 6.07) is 7.64. The van der Waals surface area contributed by atoms with Crippen molar-refractivity contribution < 1.29 is 28.7 Å². The summed E-state index contributed by atoms with van der Waals surface area (Å²) in [6.07, 6.45) is 20.4. The minimum Gasteiger partial charge on any atom is -0.453 e. The highest BCUT2D eigenvalue weighted by Gasteiger charge is 2.46. The maximum absolute atomic E-state index is 14.0. The average Bonchev–Trinajstić information content (AvgIpc) is 4.19. The number of aromatic amines is 2. The topological polar surface area (TPSA) is 175 Å². The Morgan fingerprint density at radius 1 is 0.574 bits per heavy atom. The van der Waals surface area contributed by atoms with Gasteiger partial charge in [0.1, 0.15) is 23.7 Å². The molecule has 0 radical (unpaired) electrons. The van der Waals surface area contributed by atoms with Crippen LogP contribution in [0.5, 0.6) is 0 Å². The van der Waals surface area contributed by atoms with Crippen molar-refractivity contribution in [3.63, 3.8) is 0 Å². The Labute approximate surface area is 400 Å². The molecule has 6 aliphatic rings. The van der Waals surface area contributed by atoms with Crippen LogP contribution in [0.4, 0.5) is 9.59 Å². The molecule has 362 valence electrons. The monoisotopic (exact) mass is 927 g/mol. The van der Waals surface area contributed by atoms with Crippen LogP contribution in [0.15, 0.2) is 36.7 Å². The molecule has 0 unspecified atom stereocenters. The van der Waals surface area contributed by atoms with E-state index >= 15 is 0 Å². The minimum absolute atomic E-state index is 0.104. The largest absolute Gasteiger partial charge is 0.453 e. The van der Waals surface area contributed by atoms with E-state index in [9.17, 15) is 19.2 Å². The number of carbonyl (C=O) groups is 4. The zero-order chi connectivity index (χ0) is 47.5. The Morgan fingerprint density at radius 3 is 1.28 bits per heavy atom. The molecule has 2 aromatic heterocycles. The molecule has 0 bridgehead atoms. The number of hydrogen-bond acceptors (Lipinski definition) is 8. The third kappa shape index (κ3) is 8.26. The Morgan fingerprint density at radius 2 is 0.926 bits per heavy atom. The summed E-state index contributed by atoms with van der Waals surface area (Å²) in [6.45, 7) is 8.98. The maximum Gasteiger partial charge on any atom is 0.407 e. The van der Waals surface area contributed by atoms with Gasteiger partial charge in [-0.25, -0.2) is 19.6 Å². The van der Waals surface area contributed by atoms with Crippen LogP contribution in [0.3, 0.4) is 0 Å². The number of alkyl carbamates (subject to hydrolysis) is 2. The molecular weight excluding hydrogens is 857 g/mol. The van der Waals surface area contributed by atoms with Gasteiger partial charge in [-0.05, 0) is 133 Å². The lowest BCUT2D eigenvalue weighted by molar-refractivity contribution is -0.136. The summed E-state index contributed by atoms with van der Waals surface area (Å²) >= 11 is 0. The second-order valence-corrected chi connectivity index (χ2v) is 21.8. The van der Waals surface area contributed by atoms with Crippen LogP contribution in [0, 0.1) is 22.7 Å². The van der Waals surface area contributed by atoms with E-state index in [0.717, 1.165) is 74.4 Å². The summed E-state index contributed by atoms with van der Waals surface area (Å²) in [5, 5.41) is 5.55. The Bertz CT molecular complexity index is 2410. The standard InChI is InChI=1S/C54H70N8O6/c1-31(2)45(59-51(65)67-5)49(63)61-23-11-13-43(61)47-55-29-41(57-47)35-17-15-33(37-25-53(27-39(35)37)19-7-8-20-53)34-16-18-36(40-28-54(26-38(34)40)21-9-10-22-54)42-30-56-48(58-42)44-14-12-24-62(44)50(64)46(32(3)4)60-52(66)68-6/h15-18,29-32,43-46H,7-14,19-28H2,1-6H3,(H,55,57)(H,56,58)(H,59,65)(H,60,66)/t43-,44-,45-,46-/m0/s1. The molecule has 2 aliphatic heterocycles. The second-order valence-electron chi connectivity index (χ2n) is 21.8. The maximum atomic E-state index is 14.0. The number of methoxy groups -OCH3 is 2. The predicted molar refractivity (Wildman–Crippen MR) is 259 cm³/mol. The molecule has 14 heteroatoms. The van der Waals surface area contributed by atoms with Crippen LogP contribution in [0.25, 0.3) is 33.6 Å². The molecular formula is C54H70N8O6. The highest BCUT2D eigenvalue weighted by molar-refractivity contribution is 5.88. The summed E-state index contributed by atoms with van der Waals surface area (Å²) in [5.74, 6) is 1.16. The van der Waals surface area contributed by atoms with E-state index in [1.807, 2.05) is 49.9 Å². The first-order valence-corrected chi connectivity index (χ1v) is 25.5. The lowest BCUT2D eigenvalue weighted by Crippen LogP contribution is -2.51. The van der Waals surface area contributed by atoms with Crippen molar-refractivity contribution in [1.82, 2.24) is 40.4 Å². The molecule has 4 fully saturated rings. The van der Waals surface area contributed by atoms with E-state index in [4.69, 9.17) is 19.4 Å². The van der Waals surface area contributed by atoms with Gasteiger partial charge in [-0.15, -0.1) is 0 Å². The Kier molecular flexibility index (Phi) is 12.4. The van der Waals surface area contributed by atoms with Gasteiger partial charge < -0.3 is 39.9 Å². The van der Waals surface area contributed by atoms with Gasteiger partial charge in [0, 0.05) is 24.2 Å². The van der Waals surface area contributed by atoms with Crippen LogP contribution in [0.1, 0.15) is 151 Å². The molecule has 2 aromatic carbocycles. The third-order valence-electron chi connectivity index (χ3n) is 16.9. The number of rotatable bonds is 11. The summed E-state index contributed by atoms with van der Waals surface area (Å²) in [4.78, 5) is 73.6. The quantitative estimate of drug-likeness (QED) is 0.115. The van der Waals surface area contributed by atoms with Crippen LogP contribution in [-0.2, 0) is 44.7 Å². The number of nitrogens with zero attached hydrogens (tertiary/aromatic N) is 4. The highest BCUT2D eigenvalue weighted by atomic mass is 16.5. The van der Waals surface area contributed by atoms with Gasteiger partial charge in [0.05, 0.1) is 50.1 Å². The number of imidazole rings is 2. The van der Waals surface area contributed by atoms with Crippen LogP contribution in [-0.4, -0.2) is 93.1 Å². The molecule has 4 heterocycles. The van der Waals surface area contributed by atoms with Crippen molar-refractivity contribution in [2.45, 2.75) is 155 Å². The fourth-order valence-corrected chi connectivity index (χ4v) is 13.5. The van der Waals surface area contributed by atoms with Crippen molar-refractivity contribution in [2.75, 3.05) is 27.3 Å². The van der Waals surface area contributed by atoms with Crippen molar-refractivity contribution in [3.05, 3.63) is 70.6 Å². The Balaban J connectivity index is 0.981. The fourth-order valence-electron chi connectivity index (χ4n) is 13.5. The van der Waals surface area contributed by atoms with Gasteiger partial charge in [-0.1, -0.05) is 77.6 Å². The van der Waals surface area contributed by atoms with Gasteiger partial charge in [0.15, 0.2) is 0 Å². The minimum atomic E-state index is -0.686. The normalized spacial score (nSPS) is 22.1. The molecule has 2 spiro atoms. The lowest BCUT2D eigenvalue weighted by atomic mass is 9.82. The molecule has 4 aromatic rings. The number of benzene rings is 2. The molecule has 14 nitrogen and oxygen atoms in total. The van der Waals surface area contributed by atoms with Gasteiger partial charge >= 0.3 is 12.2 Å². The number of H-pyrrole nitrogens is 2. The summed E-state index contributed by atoms with van der Waals surface area (Å²) in [5.41, 5.74) is 13.5. The molecule has 68 heavy (non-hydrogen) atoms. The van der Waals surface area contributed by atoms with Gasteiger partial charge in [0.25, 0.3) is 0 Å². The van der Waals surface area contributed by atoms with Gasteiger partial charge in [-0.2, -0.15) is 0 Å². The zero-order valence-corrected chi connectivity index (χ0v) is 40.9. The van der Waals surface area contributed by atoms with Gasteiger partial charge in [0.2, 0.25) is 11.8 Å². The number of amides is 4. The number of fused-ring (bicyclic) bond motifs is 2. The lowest BCUT2D eigenvalue weighted by Gasteiger charge is -2.30. The number of likely N-dealkylation sites (tertiary alicyclic amines) is 2. The smallest absolute Gasteiger partial charge is 0.407 e. The van der Waals surface area contributed by atoms with Crippen LogP contribution >= 0.6 is 0 Å². The first-order valence-electron chi connectivity index (χ1n) is 25.5. The number of carbonyl (C=O) groups excluding carboxylic acids is 4. The van der Waals surface area contributed by atoms with Crippen LogP contribution < -0.4 is 10.6 Å². The average molecular weight is 927 g/mol. The van der Waals surface area contributed by atoms with Crippen molar-refractivity contribution in [2.24, 2.45) is 22.7 Å². The number of aromatic nitrogens is 4. The van der Waals surface area contributed by atoms with Crippen molar-refractivity contribution in [3.8, 4) is 33.6 Å². The molecule has 2 saturated heterocycles. The van der Waals surface area contributed by atoms with E-state index in [1.54, 1.807) is 0 Å². The predicted octanol–water partition coefficient (Wildman–Crippen LogP) is 9.54. The number of hydrogen-bond donors (Lipinski definition) is 4. The van der Waals surface area contributed by atoms with Gasteiger partial charge in [-0.3, -0.25) is 9.59 Å². The fraction of sp³-hybridized carbons (Fsp3) is 0.593.